The van der Waals surface area contributed by atoms with Crippen LogP contribution in [0.2, 0.25) is 0 Å². The maximum atomic E-state index is 12.0. The topological polar surface area (TPSA) is 105 Å². The molecule has 0 aromatic heterocycles. The molecule has 13 rings (SSSR count). The van der Waals surface area contributed by atoms with Gasteiger partial charge in [-0.05, 0) is 143 Å². The maximum Gasteiger partial charge on any atom is 0.333 e. The van der Waals surface area contributed by atoms with Crippen molar-refractivity contribution in [3.63, 3.8) is 0 Å². The molecule has 0 heterocycles. The predicted octanol–water partition coefficient (Wildman–Crippen LogP) is 20.0. The molecule has 0 unspecified atom stereocenters. The summed E-state index contributed by atoms with van der Waals surface area (Å²) in [5.41, 5.74) is 9.82. The van der Waals surface area contributed by atoms with Crippen molar-refractivity contribution in [1.82, 2.24) is 0 Å². The minimum atomic E-state index is -0.400. The van der Waals surface area contributed by atoms with Gasteiger partial charge >= 0.3 is 23.9 Å². The number of esters is 4. The maximum absolute atomic E-state index is 12.0. The van der Waals surface area contributed by atoms with E-state index in [1.54, 1.807) is 13.8 Å². The van der Waals surface area contributed by atoms with E-state index in [0.29, 0.717) is 11.1 Å². The van der Waals surface area contributed by atoms with Crippen molar-refractivity contribution in [2.45, 2.75) is 54.1 Å². The van der Waals surface area contributed by atoms with Crippen LogP contribution in [-0.4, -0.2) is 23.9 Å². The molecular formula is C82H68O8. The number of aryl methyl sites for hydroxylation is 2. The Bertz CT molecular complexity index is 4770. The number of carbonyl (C=O) groups excluding carboxylic acids is 4. The third-order valence-electron chi connectivity index (χ3n) is 15.9. The van der Waals surface area contributed by atoms with Crippen LogP contribution in [0.3, 0.4) is 0 Å². The summed E-state index contributed by atoms with van der Waals surface area (Å²) in [4.78, 5) is 46.4. The number of rotatable bonds is 13. The lowest BCUT2D eigenvalue weighted by Gasteiger charge is -2.17. The molecule has 0 aliphatic heterocycles. The van der Waals surface area contributed by atoms with Gasteiger partial charge in [-0.25, -0.2) is 19.2 Å². The quantitative estimate of drug-likeness (QED) is 0.0487. The Balaban J connectivity index is 0.000000133. The Morgan fingerprint density at radius 3 is 1.02 bits per heavy atom. The van der Waals surface area contributed by atoms with Gasteiger partial charge in [0.25, 0.3) is 0 Å². The summed E-state index contributed by atoms with van der Waals surface area (Å²) in [6.07, 6.45) is 2.38. The van der Waals surface area contributed by atoms with Crippen LogP contribution >= 0.6 is 0 Å². The van der Waals surface area contributed by atoms with E-state index in [1.165, 1.54) is 50.6 Å². The SMILES string of the molecule is C=C(C)C(=O)OCc1c2ccccc2c(-c2ccccc2)c2ccccc12.C=C(C)C(=O)OCc1c2ccccc2cc2ccccc12.C=CC(=O)OCc1c2ccccc2c(C)c2ccccc12.C=CC(=O)OCc1c2ccccc2cc2cc(C)ccc12. The minimum Gasteiger partial charge on any atom is -0.458 e. The van der Waals surface area contributed by atoms with Gasteiger partial charge in [0.1, 0.15) is 26.4 Å². The Hall–Kier alpha value is -11.2. The largest absolute Gasteiger partial charge is 0.458 e. The average molecular weight is 1180 g/mol. The first-order valence-corrected chi connectivity index (χ1v) is 29.6. The first-order valence-electron chi connectivity index (χ1n) is 29.6. The zero-order valence-electron chi connectivity index (χ0n) is 51.0. The molecular weight excluding hydrogens is 1110 g/mol. The first-order chi connectivity index (χ1) is 43.7. The molecule has 0 radical (unpaired) electrons. The molecule has 0 saturated heterocycles. The van der Waals surface area contributed by atoms with Crippen LogP contribution in [0.15, 0.2) is 280 Å². The van der Waals surface area contributed by atoms with Gasteiger partial charge in [0, 0.05) is 45.6 Å². The van der Waals surface area contributed by atoms with Crippen LogP contribution in [0, 0.1) is 13.8 Å². The fourth-order valence-corrected chi connectivity index (χ4v) is 11.5. The van der Waals surface area contributed by atoms with Crippen LogP contribution in [0.5, 0.6) is 0 Å². The molecule has 0 fully saturated rings. The van der Waals surface area contributed by atoms with Crippen molar-refractivity contribution >= 4 is 110 Å². The van der Waals surface area contributed by atoms with E-state index in [1.807, 2.05) is 91.0 Å². The van der Waals surface area contributed by atoms with Gasteiger partial charge in [-0.1, -0.05) is 250 Å². The highest BCUT2D eigenvalue weighted by atomic mass is 16.5. The fraction of sp³-hybridized carbons (Fsp3) is 0.0976. The summed E-state index contributed by atoms with van der Waals surface area (Å²) in [6.45, 7) is 22.7. The van der Waals surface area contributed by atoms with E-state index in [4.69, 9.17) is 18.9 Å². The Morgan fingerprint density at radius 1 is 0.333 bits per heavy atom. The molecule has 0 amide bonds. The lowest BCUT2D eigenvalue weighted by Crippen LogP contribution is -2.06. The summed E-state index contributed by atoms with van der Waals surface area (Å²) in [7, 11) is 0. The second kappa shape index (κ2) is 28.5. The first kappa shape index (κ1) is 61.9. The zero-order chi connectivity index (χ0) is 63.3. The zero-order valence-corrected chi connectivity index (χ0v) is 51.0. The van der Waals surface area contributed by atoms with E-state index >= 15 is 0 Å². The second-order valence-corrected chi connectivity index (χ2v) is 21.9. The second-order valence-electron chi connectivity index (χ2n) is 21.9. The van der Waals surface area contributed by atoms with E-state index in [2.05, 4.69) is 180 Å². The summed E-state index contributed by atoms with van der Waals surface area (Å²) < 4.78 is 21.4. The van der Waals surface area contributed by atoms with Crippen molar-refractivity contribution < 1.29 is 38.1 Å². The molecule has 13 aromatic rings. The van der Waals surface area contributed by atoms with Crippen molar-refractivity contribution in [1.29, 1.82) is 0 Å². The predicted molar refractivity (Wildman–Crippen MR) is 370 cm³/mol. The number of carbonyl (C=O) groups is 4. The van der Waals surface area contributed by atoms with Crippen molar-refractivity contribution in [3.8, 4) is 11.1 Å². The molecule has 90 heavy (non-hydrogen) atoms. The highest BCUT2D eigenvalue weighted by Gasteiger charge is 2.18. The molecule has 8 nitrogen and oxygen atoms in total. The van der Waals surface area contributed by atoms with E-state index in [9.17, 15) is 19.2 Å². The standard InChI is InChI=1S/C25H20O2.3C19H16O2/c1-17(2)25(26)27-16-23-19-12-6-8-14-21(19)24(18-10-4-3-5-11-18)22-15-9-7-13-20(22)23;1-13(2)19(20)21-12-18-16-9-5-3-7-14(16)11-15-8-4-6-10-17(15)18;1-3-19(20)21-12-18-16-10-6-4-8-14(16)13(2)15-9-5-7-11-17(15)18;1-3-19(20)21-12-18-16-7-5-4-6-14(16)11-15-10-13(2)8-9-17(15)18/h3-15H,1,16H2,2H3;3*3-11H,1,12H2,2H3. The summed E-state index contributed by atoms with van der Waals surface area (Å²) in [5.74, 6) is -1.52. The van der Waals surface area contributed by atoms with Crippen molar-refractivity contribution in [2.75, 3.05) is 0 Å². The monoisotopic (exact) mass is 1180 g/mol. The molecule has 0 N–H and O–H groups in total. The van der Waals surface area contributed by atoms with E-state index in [0.717, 1.165) is 92.3 Å². The summed E-state index contributed by atoms with van der Waals surface area (Å²) in [5, 5.41) is 18.3. The number of hydrogen-bond acceptors (Lipinski definition) is 8. The number of fused-ring (bicyclic) bond motifs is 8. The Kier molecular flexibility index (Phi) is 19.6. The lowest BCUT2D eigenvalue weighted by atomic mass is 9.88. The molecule has 13 aromatic carbocycles. The molecule has 0 aliphatic rings. The van der Waals surface area contributed by atoms with Crippen molar-refractivity contribution in [3.05, 3.63) is 314 Å². The number of benzene rings is 13. The van der Waals surface area contributed by atoms with Crippen LogP contribution < -0.4 is 0 Å². The molecule has 8 heteroatoms. The smallest absolute Gasteiger partial charge is 0.333 e. The van der Waals surface area contributed by atoms with Gasteiger partial charge in [0.15, 0.2) is 0 Å². The minimum absolute atomic E-state index is 0.224. The van der Waals surface area contributed by atoms with Gasteiger partial charge in [-0.2, -0.15) is 0 Å². The molecule has 0 atom stereocenters. The van der Waals surface area contributed by atoms with Crippen LogP contribution in [0.25, 0.3) is 97.3 Å². The molecule has 0 bridgehead atoms. The van der Waals surface area contributed by atoms with Crippen LogP contribution in [-0.2, 0) is 64.6 Å². The van der Waals surface area contributed by atoms with E-state index < -0.39 is 11.9 Å². The number of ether oxygens (including phenoxy) is 4. The molecule has 0 saturated carbocycles. The third-order valence-corrected chi connectivity index (χ3v) is 15.9. The average Bonchev–Trinajstić information content (AvgIpc) is 0.836. The highest BCUT2D eigenvalue weighted by molar-refractivity contribution is 6.15. The normalized spacial score (nSPS) is 10.8. The fourth-order valence-electron chi connectivity index (χ4n) is 11.5. The Labute approximate surface area is 524 Å². The number of hydrogen-bond donors (Lipinski definition) is 0. The van der Waals surface area contributed by atoms with Gasteiger partial charge < -0.3 is 18.9 Å². The third kappa shape index (κ3) is 13.8. The molecule has 0 spiro atoms. The van der Waals surface area contributed by atoms with Crippen LogP contribution in [0.1, 0.15) is 47.2 Å². The van der Waals surface area contributed by atoms with E-state index in [-0.39, 0.29) is 38.4 Å². The van der Waals surface area contributed by atoms with Gasteiger partial charge in [-0.3, -0.25) is 0 Å². The Morgan fingerprint density at radius 2 is 0.633 bits per heavy atom. The van der Waals surface area contributed by atoms with Crippen LogP contribution in [0.4, 0.5) is 0 Å². The van der Waals surface area contributed by atoms with Gasteiger partial charge in [0.05, 0.1) is 0 Å². The van der Waals surface area contributed by atoms with Crippen molar-refractivity contribution in [2.24, 2.45) is 0 Å². The summed E-state index contributed by atoms with van der Waals surface area (Å²) in [6, 6.07) is 78.6. The lowest BCUT2D eigenvalue weighted by molar-refractivity contribution is -0.140. The molecule has 0 aliphatic carbocycles. The highest BCUT2D eigenvalue weighted by Crippen LogP contribution is 2.40. The van der Waals surface area contributed by atoms with Gasteiger partial charge in [-0.15, -0.1) is 0 Å². The summed E-state index contributed by atoms with van der Waals surface area (Å²) >= 11 is 0. The van der Waals surface area contributed by atoms with Gasteiger partial charge in [0.2, 0.25) is 0 Å². The molecule has 444 valence electrons.